The molecule has 3 aliphatic rings. The largest absolute Gasteiger partial charge is 0.465 e. The summed E-state index contributed by atoms with van der Waals surface area (Å²) in [6.07, 6.45) is 4.09. The van der Waals surface area contributed by atoms with Crippen LogP contribution in [-0.4, -0.2) is 72.8 Å². The van der Waals surface area contributed by atoms with Crippen LogP contribution in [0.3, 0.4) is 0 Å². The molecule has 1 unspecified atom stereocenters. The molecule has 3 heterocycles. The number of fused-ring (bicyclic) bond motifs is 1. The number of likely N-dealkylation sites (tertiary alicyclic amines) is 2. The average Bonchev–Trinajstić information content (AvgIpc) is 3.51. The summed E-state index contributed by atoms with van der Waals surface area (Å²) in [5, 5.41) is 18.6. The van der Waals surface area contributed by atoms with E-state index in [1.54, 1.807) is 21.9 Å². The number of nitriles is 1. The van der Waals surface area contributed by atoms with E-state index in [9.17, 15) is 24.4 Å². The minimum atomic E-state index is -0.869. The fourth-order valence-corrected chi connectivity index (χ4v) is 4.77. The first-order valence-electron chi connectivity index (χ1n) is 12.2. The molecule has 0 bridgehead atoms. The summed E-state index contributed by atoms with van der Waals surface area (Å²) in [6.45, 7) is 1.89. The van der Waals surface area contributed by atoms with E-state index >= 15 is 0 Å². The number of anilines is 2. The summed E-state index contributed by atoms with van der Waals surface area (Å²) in [5.41, 5.74) is 1.46. The van der Waals surface area contributed by atoms with Crippen molar-refractivity contribution in [2.45, 2.75) is 44.6 Å². The number of nitrogens with zero attached hydrogens (tertiary/aromatic N) is 3. The van der Waals surface area contributed by atoms with Gasteiger partial charge >= 0.3 is 5.97 Å². The molecule has 1 atom stereocenters. The van der Waals surface area contributed by atoms with Crippen molar-refractivity contribution in [2.75, 3.05) is 43.9 Å². The molecule has 0 spiro atoms. The fraction of sp³-hybridized carbons (Fsp3) is 0.480. The van der Waals surface area contributed by atoms with Crippen LogP contribution in [0.25, 0.3) is 0 Å². The second-order valence-corrected chi connectivity index (χ2v) is 9.08. The number of rotatable bonds is 7. The normalized spacial score (nSPS) is 20.1. The highest BCUT2D eigenvalue weighted by Crippen LogP contribution is 2.32. The summed E-state index contributed by atoms with van der Waals surface area (Å²) < 4.78 is 4.79. The van der Waals surface area contributed by atoms with E-state index in [4.69, 9.17) is 4.74 Å². The van der Waals surface area contributed by atoms with E-state index in [0.717, 1.165) is 31.2 Å². The molecule has 2 saturated heterocycles. The number of esters is 1. The van der Waals surface area contributed by atoms with E-state index < -0.39 is 12.0 Å². The molecule has 190 valence electrons. The van der Waals surface area contributed by atoms with Gasteiger partial charge in [0.2, 0.25) is 17.7 Å². The van der Waals surface area contributed by atoms with E-state index in [2.05, 4.69) is 16.0 Å². The zero-order chi connectivity index (χ0) is 25.7. The zero-order valence-electron chi connectivity index (χ0n) is 20.3. The summed E-state index contributed by atoms with van der Waals surface area (Å²) >= 11 is 0. The van der Waals surface area contributed by atoms with Gasteiger partial charge in [-0.2, -0.15) is 5.26 Å². The minimum absolute atomic E-state index is 0.00379. The molecule has 11 nitrogen and oxygen atoms in total. The third-order valence-electron chi connectivity index (χ3n) is 6.66. The Hall–Kier alpha value is -4.07. The Morgan fingerprint density at radius 2 is 1.92 bits per heavy atom. The van der Waals surface area contributed by atoms with Crippen molar-refractivity contribution in [2.24, 2.45) is 0 Å². The summed E-state index contributed by atoms with van der Waals surface area (Å²) in [4.78, 5) is 53.8. The molecule has 1 aromatic carbocycles. The molecule has 1 aromatic rings. The van der Waals surface area contributed by atoms with Crippen LogP contribution in [0.5, 0.6) is 0 Å². The fourth-order valence-electron chi connectivity index (χ4n) is 4.77. The number of ether oxygens (including phenoxy) is 1. The van der Waals surface area contributed by atoms with Gasteiger partial charge in [0.1, 0.15) is 17.9 Å². The quantitative estimate of drug-likeness (QED) is 0.290. The molecule has 3 amide bonds. The van der Waals surface area contributed by atoms with Gasteiger partial charge in [-0.15, -0.1) is 0 Å². The molecule has 3 aliphatic heterocycles. The highest BCUT2D eigenvalue weighted by molar-refractivity contribution is 6.03. The molecular formula is C25H30N6O5. The van der Waals surface area contributed by atoms with Crippen molar-refractivity contribution < 1.29 is 23.9 Å². The second kappa shape index (κ2) is 11.1. The van der Waals surface area contributed by atoms with Crippen LogP contribution in [0.2, 0.25) is 0 Å². The van der Waals surface area contributed by atoms with Gasteiger partial charge in [0.15, 0.2) is 5.57 Å². The van der Waals surface area contributed by atoms with Crippen LogP contribution in [0.15, 0.2) is 29.6 Å². The standard InChI is InChI=1S/C25H30N6O5/c1-36-25(35)17(14-26)23(27-18-9-6-7-16-13-20(32)29-22(16)18)28-19-8-2-3-12-31(24(19)34)15-21(33)30-10-4-5-11-30/h6-7,9,19,27-28H,2-5,8,10-13,15H2,1H3,(H,29,32)/b23-17+. The molecular weight excluding hydrogens is 464 g/mol. The predicted molar refractivity (Wildman–Crippen MR) is 130 cm³/mol. The summed E-state index contributed by atoms with van der Waals surface area (Å²) in [5.74, 6) is -1.37. The van der Waals surface area contributed by atoms with Gasteiger partial charge in [0.25, 0.3) is 0 Å². The van der Waals surface area contributed by atoms with Crippen molar-refractivity contribution in [3.8, 4) is 6.07 Å². The predicted octanol–water partition coefficient (Wildman–Crippen LogP) is 1.09. The van der Waals surface area contributed by atoms with Crippen LogP contribution in [-0.2, 0) is 30.3 Å². The van der Waals surface area contributed by atoms with Gasteiger partial charge in [-0.1, -0.05) is 12.1 Å². The van der Waals surface area contributed by atoms with Gasteiger partial charge < -0.3 is 30.5 Å². The monoisotopic (exact) mass is 494 g/mol. The number of hydrogen-bond acceptors (Lipinski definition) is 8. The molecule has 0 saturated carbocycles. The highest BCUT2D eigenvalue weighted by atomic mass is 16.5. The van der Waals surface area contributed by atoms with Crippen LogP contribution in [0, 0.1) is 11.3 Å². The number of hydrogen-bond donors (Lipinski definition) is 3. The average molecular weight is 495 g/mol. The number of benzene rings is 1. The van der Waals surface area contributed by atoms with Crippen molar-refractivity contribution in [3.05, 3.63) is 35.2 Å². The Bertz CT molecular complexity index is 1130. The van der Waals surface area contributed by atoms with Gasteiger partial charge in [-0.3, -0.25) is 14.4 Å². The number of amides is 3. The van der Waals surface area contributed by atoms with E-state index in [1.807, 2.05) is 12.1 Å². The van der Waals surface area contributed by atoms with Crippen LogP contribution >= 0.6 is 0 Å². The lowest BCUT2D eigenvalue weighted by Gasteiger charge is -2.28. The molecule has 11 heteroatoms. The smallest absolute Gasteiger partial charge is 0.352 e. The molecule has 2 fully saturated rings. The maximum Gasteiger partial charge on any atom is 0.352 e. The third-order valence-corrected chi connectivity index (χ3v) is 6.66. The number of nitrogens with one attached hydrogen (secondary N) is 3. The zero-order valence-corrected chi connectivity index (χ0v) is 20.3. The highest BCUT2D eigenvalue weighted by Gasteiger charge is 2.32. The van der Waals surface area contributed by atoms with Crippen LogP contribution in [0.4, 0.5) is 11.4 Å². The number of methoxy groups -OCH3 is 1. The minimum Gasteiger partial charge on any atom is -0.465 e. The van der Waals surface area contributed by atoms with Crippen molar-refractivity contribution >= 4 is 35.1 Å². The maximum atomic E-state index is 13.5. The lowest BCUT2D eigenvalue weighted by molar-refractivity contribution is -0.140. The first kappa shape index (κ1) is 25.0. The molecule has 4 rings (SSSR count). The van der Waals surface area contributed by atoms with Crippen molar-refractivity contribution in [1.82, 2.24) is 15.1 Å². The Balaban J connectivity index is 1.59. The Morgan fingerprint density at radius 1 is 1.17 bits per heavy atom. The summed E-state index contributed by atoms with van der Waals surface area (Å²) in [6, 6.07) is 6.36. The molecule has 3 N–H and O–H groups in total. The summed E-state index contributed by atoms with van der Waals surface area (Å²) in [7, 11) is 1.17. The lowest BCUT2D eigenvalue weighted by Crippen LogP contribution is -2.49. The molecule has 0 aromatic heterocycles. The van der Waals surface area contributed by atoms with E-state index in [0.29, 0.717) is 37.4 Å². The maximum absolute atomic E-state index is 13.5. The Morgan fingerprint density at radius 3 is 2.64 bits per heavy atom. The first-order chi connectivity index (χ1) is 17.4. The molecule has 0 radical (unpaired) electrons. The van der Waals surface area contributed by atoms with Gasteiger partial charge in [-0.05, 0) is 43.7 Å². The van der Waals surface area contributed by atoms with Gasteiger partial charge in [0, 0.05) is 19.6 Å². The molecule has 36 heavy (non-hydrogen) atoms. The van der Waals surface area contributed by atoms with Crippen molar-refractivity contribution in [1.29, 1.82) is 5.26 Å². The SMILES string of the molecule is COC(=O)/C(C#N)=C(\Nc1cccc2c1NC(=O)C2)NC1CCCCN(CC(=O)N2CCCC2)C1=O. The first-order valence-corrected chi connectivity index (χ1v) is 12.2. The second-order valence-electron chi connectivity index (χ2n) is 9.08. The number of carbonyl (C=O) groups is 4. The van der Waals surface area contributed by atoms with Gasteiger partial charge in [-0.25, -0.2) is 4.79 Å². The lowest BCUT2D eigenvalue weighted by atomic mass is 10.1. The van der Waals surface area contributed by atoms with Gasteiger partial charge in [0.05, 0.1) is 31.5 Å². The van der Waals surface area contributed by atoms with Crippen LogP contribution < -0.4 is 16.0 Å². The van der Waals surface area contributed by atoms with Crippen molar-refractivity contribution in [3.63, 3.8) is 0 Å². The Kier molecular flexibility index (Phi) is 7.73. The van der Waals surface area contributed by atoms with E-state index in [-0.39, 0.29) is 42.1 Å². The number of carbonyl (C=O) groups excluding carboxylic acids is 4. The third kappa shape index (κ3) is 5.43. The molecule has 0 aliphatic carbocycles. The number of para-hydroxylation sites is 1. The van der Waals surface area contributed by atoms with Crippen LogP contribution in [0.1, 0.15) is 37.7 Å². The topological polar surface area (TPSA) is 144 Å². The Labute approximate surface area is 209 Å². The van der Waals surface area contributed by atoms with E-state index in [1.165, 1.54) is 7.11 Å².